The van der Waals surface area contributed by atoms with Gasteiger partial charge in [-0.25, -0.2) is 8.42 Å². The van der Waals surface area contributed by atoms with Crippen LogP contribution in [0.2, 0.25) is 5.02 Å². The van der Waals surface area contributed by atoms with E-state index in [-0.39, 0.29) is 6.04 Å². The van der Waals surface area contributed by atoms with Gasteiger partial charge in [-0.1, -0.05) is 41.9 Å². The van der Waals surface area contributed by atoms with Crippen molar-refractivity contribution in [2.45, 2.75) is 37.6 Å². The van der Waals surface area contributed by atoms with Crippen LogP contribution in [0.5, 0.6) is 0 Å². The number of nitrogens with zero attached hydrogens (tertiary/aromatic N) is 1. The molecule has 3 nitrogen and oxygen atoms in total. The molecule has 2 aromatic carbocycles. The van der Waals surface area contributed by atoms with Gasteiger partial charge in [-0.05, 0) is 55.5 Å². The lowest BCUT2D eigenvalue weighted by Crippen LogP contribution is -2.31. The molecule has 1 atom stereocenters. The molecule has 2 aromatic rings. The number of benzene rings is 2. The molecule has 0 unspecified atom stereocenters. The third-order valence-electron chi connectivity index (χ3n) is 4.40. The van der Waals surface area contributed by atoms with E-state index >= 15 is 0 Å². The highest BCUT2D eigenvalue weighted by molar-refractivity contribution is 7.89. The highest BCUT2D eigenvalue weighted by atomic mass is 35.5. The van der Waals surface area contributed by atoms with Gasteiger partial charge in [0.2, 0.25) is 10.0 Å². The summed E-state index contributed by atoms with van der Waals surface area (Å²) in [7, 11) is -3.53. The van der Waals surface area contributed by atoms with E-state index in [9.17, 15) is 8.42 Å². The quantitative estimate of drug-likeness (QED) is 0.819. The number of aryl methyl sites for hydroxylation is 2. The lowest BCUT2D eigenvalue weighted by atomic mass is 10.1. The number of hydrogen-bond donors (Lipinski definition) is 0. The molecule has 1 heterocycles. The fourth-order valence-electron chi connectivity index (χ4n) is 3.20. The van der Waals surface area contributed by atoms with Gasteiger partial charge in [-0.15, -0.1) is 0 Å². The Morgan fingerprint density at radius 2 is 1.87 bits per heavy atom. The van der Waals surface area contributed by atoms with Crippen LogP contribution in [-0.4, -0.2) is 19.3 Å². The van der Waals surface area contributed by atoms with Crippen LogP contribution in [0.3, 0.4) is 0 Å². The number of sulfonamides is 1. The molecule has 0 N–H and O–H groups in total. The van der Waals surface area contributed by atoms with Crippen molar-refractivity contribution in [3.63, 3.8) is 0 Å². The first-order valence-corrected chi connectivity index (χ1v) is 9.56. The van der Waals surface area contributed by atoms with E-state index < -0.39 is 10.0 Å². The molecule has 0 bridgehead atoms. The monoisotopic (exact) mass is 349 g/mol. The van der Waals surface area contributed by atoms with Crippen molar-refractivity contribution in [3.05, 3.63) is 64.2 Å². The van der Waals surface area contributed by atoms with Crippen molar-refractivity contribution in [1.29, 1.82) is 0 Å². The Morgan fingerprint density at radius 3 is 2.61 bits per heavy atom. The van der Waals surface area contributed by atoms with Crippen molar-refractivity contribution < 1.29 is 8.42 Å². The molecule has 122 valence electrons. The van der Waals surface area contributed by atoms with E-state index in [1.165, 1.54) is 0 Å². The Labute approximate surface area is 142 Å². The summed E-state index contributed by atoms with van der Waals surface area (Å²) in [5.41, 5.74) is 2.61. The van der Waals surface area contributed by atoms with Gasteiger partial charge in [-0.2, -0.15) is 4.31 Å². The van der Waals surface area contributed by atoms with Crippen molar-refractivity contribution >= 4 is 21.6 Å². The summed E-state index contributed by atoms with van der Waals surface area (Å²) < 4.78 is 28.0. The number of rotatable bonds is 3. The molecule has 0 saturated carbocycles. The van der Waals surface area contributed by atoms with Gasteiger partial charge in [-0.3, -0.25) is 0 Å². The molecule has 0 spiro atoms. The Bertz CT molecular complexity index is 833. The van der Waals surface area contributed by atoms with Crippen LogP contribution in [0, 0.1) is 13.8 Å². The topological polar surface area (TPSA) is 37.4 Å². The molecule has 1 aliphatic rings. The molecule has 5 heteroatoms. The lowest BCUT2D eigenvalue weighted by Gasteiger charge is -2.26. The van der Waals surface area contributed by atoms with Crippen molar-refractivity contribution in [3.8, 4) is 0 Å². The van der Waals surface area contributed by atoms with Gasteiger partial charge in [0.25, 0.3) is 0 Å². The summed E-state index contributed by atoms with van der Waals surface area (Å²) >= 11 is 6.30. The molecule has 1 fully saturated rings. The SMILES string of the molecule is Cc1ccc(C)c(S(=O)(=O)N2CCC[C@@H]2c2ccccc2Cl)c1. The second-order valence-electron chi connectivity index (χ2n) is 6.06. The average Bonchev–Trinajstić information content (AvgIpc) is 3.00. The predicted molar refractivity (Wildman–Crippen MR) is 93.2 cm³/mol. The van der Waals surface area contributed by atoms with E-state index in [1.807, 2.05) is 50.2 Å². The van der Waals surface area contributed by atoms with Crippen LogP contribution in [0.1, 0.15) is 35.6 Å². The maximum atomic E-state index is 13.2. The lowest BCUT2D eigenvalue weighted by molar-refractivity contribution is 0.396. The Morgan fingerprint density at radius 1 is 1.13 bits per heavy atom. The summed E-state index contributed by atoms with van der Waals surface area (Å²) in [5, 5.41) is 0.626. The van der Waals surface area contributed by atoms with Crippen LogP contribution in [0.15, 0.2) is 47.4 Å². The van der Waals surface area contributed by atoms with E-state index in [0.29, 0.717) is 16.5 Å². The van der Waals surface area contributed by atoms with E-state index in [4.69, 9.17) is 11.6 Å². The molecule has 0 radical (unpaired) electrons. The minimum Gasteiger partial charge on any atom is -0.207 e. The zero-order valence-corrected chi connectivity index (χ0v) is 14.9. The predicted octanol–water partition coefficient (Wildman–Crippen LogP) is 4.48. The molecule has 0 amide bonds. The van der Waals surface area contributed by atoms with Crippen molar-refractivity contribution in [2.24, 2.45) is 0 Å². The zero-order valence-electron chi connectivity index (χ0n) is 13.3. The maximum absolute atomic E-state index is 13.2. The van der Waals surface area contributed by atoms with Gasteiger partial charge < -0.3 is 0 Å². The highest BCUT2D eigenvalue weighted by Gasteiger charge is 2.37. The van der Waals surface area contributed by atoms with Crippen molar-refractivity contribution in [1.82, 2.24) is 4.31 Å². The second-order valence-corrected chi connectivity index (χ2v) is 8.33. The van der Waals surface area contributed by atoms with E-state index in [1.54, 1.807) is 10.4 Å². The number of halogens is 1. The van der Waals surface area contributed by atoms with E-state index in [2.05, 4.69) is 0 Å². The molecule has 1 aliphatic heterocycles. The summed E-state index contributed by atoms with van der Waals surface area (Å²) in [5.74, 6) is 0. The molecular weight excluding hydrogens is 330 g/mol. The van der Waals surface area contributed by atoms with Gasteiger partial charge in [0.1, 0.15) is 0 Å². The largest absolute Gasteiger partial charge is 0.243 e. The second kappa shape index (κ2) is 6.27. The third-order valence-corrected chi connectivity index (χ3v) is 6.79. The zero-order chi connectivity index (χ0) is 16.6. The molecular formula is C18H20ClNO2S. The van der Waals surface area contributed by atoms with Gasteiger partial charge in [0, 0.05) is 11.6 Å². The minimum absolute atomic E-state index is 0.186. The first-order valence-electron chi connectivity index (χ1n) is 7.75. The van der Waals surface area contributed by atoms with Gasteiger partial charge >= 0.3 is 0 Å². The standard InChI is InChI=1S/C18H20ClNO2S/c1-13-9-10-14(2)18(12-13)23(21,22)20-11-5-8-17(20)15-6-3-4-7-16(15)19/h3-4,6-7,9-10,12,17H,5,8,11H2,1-2H3/t17-/m1/s1. The Hall–Kier alpha value is -1.36. The summed E-state index contributed by atoms with van der Waals surface area (Å²) in [6.45, 7) is 4.28. The van der Waals surface area contributed by atoms with Crippen LogP contribution in [0.25, 0.3) is 0 Å². The number of hydrogen-bond acceptors (Lipinski definition) is 2. The minimum atomic E-state index is -3.53. The highest BCUT2D eigenvalue weighted by Crippen LogP contribution is 2.39. The average molecular weight is 350 g/mol. The first-order chi connectivity index (χ1) is 10.9. The fraction of sp³-hybridized carbons (Fsp3) is 0.333. The van der Waals surface area contributed by atoms with Crippen LogP contribution < -0.4 is 0 Å². The molecule has 0 aliphatic carbocycles. The summed E-state index contributed by atoms with van der Waals surface area (Å²) in [6, 6.07) is 12.9. The molecule has 23 heavy (non-hydrogen) atoms. The van der Waals surface area contributed by atoms with Gasteiger partial charge in [0.15, 0.2) is 0 Å². The molecule has 3 rings (SSSR count). The fourth-order valence-corrected chi connectivity index (χ4v) is 5.44. The third kappa shape index (κ3) is 3.03. The Balaban J connectivity index is 2.05. The van der Waals surface area contributed by atoms with Crippen LogP contribution in [-0.2, 0) is 10.0 Å². The van der Waals surface area contributed by atoms with Gasteiger partial charge in [0.05, 0.1) is 10.9 Å². The van der Waals surface area contributed by atoms with Crippen LogP contribution >= 0.6 is 11.6 Å². The van der Waals surface area contributed by atoms with E-state index in [0.717, 1.165) is 29.5 Å². The summed E-state index contributed by atoms with van der Waals surface area (Å²) in [6.07, 6.45) is 1.65. The molecule has 0 aromatic heterocycles. The van der Waals surface area contributed by atoms with Crippen LogP contribution in [0.4, 0.5) is 0 Å². The summed E-state index contributed by atoms with van der Waals surface area (Å²) in [4.78, 5) is 0.399. The smallest absolute Gasteiger partial charge is 0.207 e. The maximum Gasteiger partial charge on any atom is 0.243 e. The molecule has 1 saturated heterocycles. The Kier molecular flexibility index (Phi) is 4.50. The first kappa shape index (κ1) is 16.5. The van der Waals surface area contributed by atoms with Crippen molar-refractivity contribution in [2.75, 3.05) is 6.54 Å². The normalized spacial score (nSPS) is 19.2.